The van der Waals surface area contributed by atoms with Gasteiger partial charge < -0.3 is 5.11 Å². The van der Waals surface area contributed by atoms with E-state index in [1.807, 2.05) is 0 Å². The molecular weight excluding hydrogens is 242 g/mol. The van der Waals surface area contributed by atoms with Gasteiger partial charge in [0.1, 0.15) is 5.56 Å². The maximum atomic E-state index is 10.9. The molecule has 0 fully saturated rings. The van der Waals surface area contributed by atoms with Crippen LogP contribution in [0.1, 0.15) is 22.3 Å². The molecule has 0 aliphatic rings. The Balaban J connectivity index is 3.35. The molecule has 1 aromatic carbocycles. The van der Waals surface area contributed by atoms with Crippen molar-refractivity contribution in [2.45, 2.75) is 6.42 Å². The average Bonchev–Trinajstić information content (AvgIpc) is 2.28. The summed E-state index contributed by atoms with van der Waals surface area (Å²) < 4.78 is 0. The average molecular weight is 251 g/mol. The maximum absolute atomic E-state index is 10.9. The lowest BCUT2D eigenvalue weighted by Crippen LogP contribution is -2.03. The van der Waals surface area contributed by atoms with Crippen molar-refractivity contribution in [1.82, 2.24) is 0 Å². The number of benzene rings is 1. The summed E-state index contributed by atoms with van der Waals surface area (Å²) in [6, 6.07) is 3.85. The van der Waals surface area contributed by atoms with E-state index < -0.39 is 10.9 Å². The third-order valence-electron chi connectivity index (χ3n) is 1.92. The van der Waals surface area contributed by atoms with E-state index >= 15 is 0 Å². The van der Waals surface area contributed by atoms with Crippen LogP contribution < -0.4 is 0 Å². The van der Waals surface area contributed by atoms with Gasteiger partial charge in [0.15, 0.2) is 0 Å². The molecular formula is C11H9NO4S. The number of carboxylic acid groups (broad SMARTS) is 1. The second-order valence-corrected chi connectivity index (χ2v) is 3.48. The molecule has 6 heteroatoms. The third kappa shape index (κ3) is 3.23. The Labute approximate surface area is 103 Å². The molecule has 0 radical (unpaired) electrons. The lowest BCUT2D eigenvalue weighted by atomic mass is 10.1. The number of rotatable bonds is 3. The van der Waals surface area contributed by atoms with Crippen LogP contribution in [0.5, 0.6) is 0 Å². The Morgan fingerprint density at radius 1 is 1.53 bits per heavy atom. The van der Waals surface area contributed by atoms with Crippen molar-refractivity contribution in [3.8, 4) is 11.8 Å². The van der Waals surface area contributed by atoms with Crippen LogP contribution in [0.15, 0.2) is 18.2 Å². The van der Waals surface area contributed by atoms with Gasteiger partial charge in [0.25, 0.3) is 5.69 Å². The second kappa shape index (κ2) is 5.92. The minimum atomic E-state index is -1.23. The molecule has 17 heavy (non-hydrogen) atoms. The number of aromatic carboxylic acids is 1. The van der Waals surface area contributed by atoms with Crippen LogP contribution in [0.3, 0.4) is 0 Å². The van der Waals surface area contributed by atoms with Gasteiger partial charge in [-0.15, -0.1) is 0 Å². The van der Waals surface area contributed by atoms with Crippen LogP contribution >= 0.6 is 12.6 Å². The molecule has 0 atom stereocenters. The van der Waals surface area contributed by atoms with Gasteiger partial charge in [-0.3, -0.25) is 10.1 Å². The molecule has 0 unspecified atom stereocenters. The molecule has 88 valence electrons. The second-order valence-electron chi connectivity index (χ2n) is 3.04. The van der Waals surface area contributed by atoms with Gasteiger partial charge in [-0.25, -0.2) is 4.79 Å². The normalized spacial score (nSPS) is 9.24. The summed E-state index contributed by atoms with van der Waals surface area (Å²) in [5, 5.41) is 19.7. The summed E-state index contributed by atoms with van der Waals surface area (Å²) in [5.74, 6) is 4.45. The van der Waals surface area contributed by atoms with Crippen molar-refractivity contribution < 1.29 is 14.8 Å². The summed E-state index contributed by atoms with van der Waals surface area (Å²) in [4.78, 5) is 21.0. The van der Waals surface area contributed by atoms with Crippen LogP contribution in [0.2, 0.25) is 0 Å². The molecule has 0 amide bonds. The molecule has 0 saturated heterocycles. The first kappa shape index (κ1) is 13.1. The molecule has 0 bridgehead atoms. The Hall–Kier alpha value is -2.00. The standard InChI is InChI=1S/C11H9NO4S/c13-11(14)9-5-3-6-10(12(15)16)8(9)4-1-2-7-17/h3,5-6,17H,2,7H2,(H,13,14). The molecule has 1 aromatic rings. The van der Waals surface area contributed by atoms with Crippen LogP contribution in [0, 0.1) is 22.0 Å². The van der Waals surface area contributed by atoms with E-state index in [0.717, 1.165) is 0 Å². The van der Waals surface area contributed by atoms with Crippen molar-refractivity contribution in [1.29, 1.82) is 0 Å². The van der Waals surface area contributed by atoms with Gasteiger partial charge in [0, 0.05) is 18.2 Å². The van der Waals surface area contributed by atoms with Gasteiger partial charge in [-0.1, -0.05) is 17.9 Å². The van der Waals surface area contributed by atoms with Crippen molar-refractivity contribution in [2.24, 2.45) is 0 Å². The number of carbonyl (C=O) groups is 1. The smallest absolute Gasteiger partial charge is 0.337 e. The number of nitro benzene ring substituents is 1. The zero-order valence-electron chi connectivity index (χ0n) is 8.71. The fraction of sp³-hybridized carbons (Fsp3) is 0.182. The molecule has 0 aromatic heterocycles. The minimum Gasteiger partial charge on any atom is -0.478 e. The molecule has 0 aliphatic carbocycles. The third-order valence-corrected chi connectivity index (χ3v) is 2.14. The Kier molecular flexibility index (Phi) is 4.55. The number of thiol groups is 1. The Bertz CT molecular complexity index is 484. The summed E-state index contributed by atoms with van der Waals surface area (Å²) in [6.45, 7) is 0. The molecule has 0 spiro atoms. The highest BCUT2D eigenvalue weighted by molar-refractivity contribution is 7.80. The zero-order valence-corrected chi connectivity index (χ0v) is 9.61. The fourth-order valence-electron chi connectivity index (χ4n) is 1.21. The molecule has 1 N–H and O–H groups in total. The van der Waals surface area contributed by atoms with E-state index in [1.165, 1.54) is 18.2 Å². The van der Waals surface area contributed by atoms with E-state index in [4.69, 9.17) is 5.11 Å². The summed E-state index contributed by atoms with van der Waals surface area (Å²) >= 11 is 3.95. The van der Waals surface area contributed by atoms with E-state index in [1.54, 1.807) is 0 Å². The van der Waals surface area contributed by atoms with Crippen LogP contribution in [0.25, 0.3) is 0 Å². The first-order valence-corrected chi connectivity index (χ1v) is 5.31. The van der Waals surface area contributed by atoms with Crippen LogP contribution in [-0.4, -0.2) is 21.8 Å². The van der Waals surface area contributed by atoms with Crippen molar-refractivity contribution >= 4 is 24.3 Å². The summed E-state index contributed by atoms with van der Waals surface area (Å²) in [7, 11) is 0. The molecule has 0 aliphatic heterocycles. The van der Waals surface area contributed by atoms with Gasteiger partial charge in [0.05, 0.1) is 10.5 Å². The lowest BCUT2D eigenvalue weighted by molar-refractivity contribution is -0.385. The van der Waals surface area contributed by atoms with E-state index in [-0.39, 0.29) is 16.8 Å². The highest BCUT2D eigenvalue weighted by Gasteiger charge is 2.19. The zero-order chi connectivity index (χ0) is 12.8. The first-order valence-electron chi connectivity index (χ1n) is 4.68. The predicted octanol–water partition coefficient (Wildman–Crippen LogP) is 1.96. The molecule has 0 saturated carbocycles. The topological polar surface area (TPSA) is 80.4 Å². The molecule has 0 heterocycles. The first-order chi connectivity index (χ1) is 8.07. The predicted molar refractivity (Wildman–Crippen MR) is 65.4 cm³/mol. The number of hydrogen-bond acceptors (Lipinski definition) is 4. The van der Waals surface area contributed by atoms with Crippen LogP contribution in [-0.2, 0) is 0 Å². The summed E-state index contributed by atoms with van der Waals surface area (Å²) in [5.41, 5.74) is -0.519. The van der Waals surface area contributed by atoms with Gasteiger partial charge in [-0.05, 0) is 6.07 Å². The van der Waals surface area contributed by atoms with E-state index in [2.05, 4.69) is 24.5 Å². The Morgan fingerprint density at radius 2 is 2.24 bits per heavy atom. The van der Waals surface area contributed by atoms with Crippen LogP contribution in [0.4, 0.5) is 5.69 Å². The van der Waals surface area contributed by atoms with Gasteiger partial charge in [-0.2, -0.15) is 12.6 Å². The molecule has 5 nitrogen and oxygen atoms in total. The van der Waals surface area contributed by atoms with Crippen molar-refractivity contribution in [3.63, 3.8) is 0 Å². The highest BCUT2D eigenvalue weighted by Crippen LogP contribution is 2.21. The largest absolute Gasteiger partial charge is 0.478 e. The van der Waals surface area contributed by atoms with Gasteiger partial charge in [0.2, 0.25) is 0 Å². The van der Waals surface area contributed by atoms with Gasteiger partial charge >= 0.3 is 5.97 Å². The quantitative estimate of drug-likeness (QED) is 0.372. The summed E-state index contributed by atoms with van der Waals surface area (Å²) in [6.07, 6.45) is 0.439. The Morgan fingerprint density at radius 3 is 2.76 bits per heavy atom. The minimum absolute atomic E-state index is 0.0632. The van der Waals surface area contributed by atoms with Crippen molar-refractivity contribution in [2.75, 3.05) is 5.75 Å². The number of nitrogens with zero attached hydrogens (tertiary/aromatic N) is 1. The van der Waals surface area contributed by atoms with E-state index in [0.29, 0.717) is 12.2 Å². The number of hydrogen-bond donors (Lipinski definition) is 2. The fourth-order valence-corrected chi connectivity index (χ4v) is 1.32. The monoisotopic (exact) mass is 251 g/mol. The van der Waals surface area contributed by atoms with E-state index in [9.17, 15) is 14.9 Å². The maximum Gasteiger partial charge on any atom is 0.337 e. The lowest BCUT2D eigenvalue weighted by Gasteiger charge is -2.00. The molecule has 1 rings (SSSR count). The highest BCUT2D eigenvalue weighted by atomic mass is 32.1. The number of nitro groups is 1. The number of carboxylic acids is 1. The SMILES string of the molecule is O=C(O)c1cccc([N+](=O)[O-])c1C#CCCS. The van der Waals surface area contributed by atoms with Crippen molar-refractivity contribution in [3.05, 3.63) is 39.4 Å².